The predicted molar refractivity (Wildman–Crippen MR) is 110 cm³/mol. The summed E-state index contributed by atoms with van der Waals surface area (Å²) in [4.78, 5) is 13.3. The maximum Gasteiger partial charge on any atom is 0.256 e. The normalized spacial score (nSPS) is 16.7. The van der Waals surface area contributed by atoms with Gasteiger partial charge in [-0.05, 0) is 38.3 Å². The zero-order chi connectivity index (χ0) is 19.1. The highest BCUT2D eigenvalue weighted by molar-refractivity contribution is 6.06. The smallest absolute Gasteiger partial charge is 0.256 e. The monoisotopic (exact) mass is 369 g/mol. The number of anilines is 1. The second-order valence-corrected chi connectivity index (χ2v) is 7.30. The highest BCUT2D eigenvalue weighted by atomic mass is 16.5. The van der Waals surface area contributed by atoms with Crippen LogP contribution in [-0.2, 0) is 9.53 Å². The van der Waals surface area contributed by atoms with Gasteiger partial charge in [-0.2, -0.15) is 0 Å². The summed E-state index contributed by atoms with van der Waals surface area (Å²) in [7, 11) is 0. The van der Waals surface area contributed by atoms with Crippen molar-refractivity contribution in [3.05, 3.63) is 36.4 Å². The van der Waals surface area contributed by atoms with E-state index >= 15 is 0 Å². The lowest BCUT2D eigenvalue weighted by Crippen LogP contribution is -2.45. The maximum atomic E-state index is 13.3. The van der Waals surface area contributed by atoms with Crippen LogP contribution in [0.4, 0.5) is 5.69 Å². The highest BCUT2D eigenvalue weighted by Gasteiger charge is 2.39. The van der Waals surface area contributed by atoms with Crippen molar-refractivity contribution in [2.45, 2.75) is 64.4 Å². The van der Waals surface area contributed by atoms with Crippen molar-refractivity contribution in [2.75, 3.05) is 18.5 Å². The van der Waals surface area contributed by atoms with Crippen LogP contribution in [0.1, 0.15) is 58.8 Å². The Balaban J connectivity index is 1.90. The first-order valence-corrected chi connectivity index (χ1v) is 10.3. The van der Waals surface area contributed by atoms with Crippen LogP contribution in [0, 0.1) is 0 Å². The molecule has 0 heterocycles. The molecule has 3 rings (SSSR count). The molecular weight excluding hydrogens is 338 g/mol. The number of rotatable bonds is 7. The average Bonchev–Trinajstić information content (AvgIpc) is 2.94. The van der Waals surface area contributed by atoms with Crippen molar-refractivity contribution >= 4 is 22.4 Å². The summed E-state index contributed by atoms with van der Waals surface area (Å²) in [6.07, 6.45) is 6.98. The molecule has 0 atom stereocenters. The minimum absolute atomic E-state index is 0.0152. The van der Waals surface area contributed by atoms with E-state index in [1.807, 2.05) is 43.3 Å². The third-order valence-corrected chi connectivity index (χ3v) is 5.34. The molecule has 0 aromatic heterocycles. The lowest BCUT2D eigenvalue weighted by molar-refractivity contribution is -0.143. The van der Waals surface area contributed by atoms with Gasteiger partial charge in [0, 0.05) is 23.1 Å². The molecule has 1 amide bonds. The van der Waals surface area contributed by atoms with Gasteiger partial charge in [-0.3, -0.25) is 4.79 Å². The Bertz CT molecular complexity index is 763. The molecule has 0 unspecified atom stereocenters. The molecule has 0 saturated heterocycles. The molecule has 0 spiro atoms. The lowest BCUT2D eigenvalue weighted by atomic mass is 9.92. The second kappa shape index (κ2) is 9.23. The summed E-state index contributed by atoms with van der Waals surface area (Å²) in [6.45, 7) is 5.30. The molecular formula is C23H31NO3. The standard InChI is InChI=1S/C23H31NO3/c1-3-17-26-21-14-13-20(18-11-7-8-12-19(18)21)24-22(25)23(27-4-2)15-9-5-6-10-16-23/h7-8,11-14H,3-6,9-10,15-17H2,1-2H3,(H,24,25). The van der Waals surface area contributed by atoms with Crippen LogP contribution in [0.2, 0.25) is 0 Å². The zero-order valence-corrected chi connectivity index (χ0v) is 16.6. The first-order chi connectivity index (χ1) is 13.2. The number of hydrogen-bond acceptors (Lipinski definition) is 3. The fourth-order valence-electron chi connectivity index (χ4n) is 3.97. The van der Waals surface area contributed by atoms with E-state index in [9.17, 15) is 4.79 Å². The van der Waals surface area contributed by atoms with Crippen molar-refractivity contribution in [1.82, 2.24) is 0 Å². The third-order valence-electron chi connectivity index (χ3n) is 5.34. The number of benzene rings is 2. The molecule has 27 heavy (non-hydrogen) atoms. The van der Waals surface area contributed by atoms with Gasteiger partial charge in [0.15, 0.2) is 0 Å². The molecule has 4 heteroatoms. The molecule has 1 saturated carbocycles. The summed E-state index contributed by atoms with van der Waals surface area (Å²) in [6, 6.07) is 12.0. The Labute approximate surface area is 162 Å². The van der Waals surface area contributed by atoms with Gasteiger partial charge in [0.1, 0.15) is 11.4 Å². The topological polar surface area (TPSA) is 47.6 Å². The van der Waals surface area contributed by atoms with E-state index in [0.29, 0.717) is 13.2 Å². The quantitative estimate of drug-likeness (QED) is 0.637. The Hall–Kier alpha value is -2.07. The second-order valence-electron chi connectivity index (χ2n) is 7.30. The van der Waals surface area contributed by atoms with E-state index in [1.54, 1.807) is 0 Å². The van der Waals surface area contributed by atoms with Crippen LogP contribution in [0.3, 0.4) is 0 Å². The minimum Gasteiger partial charge on any atom is -0.493 e. The lowest BCUT2D eigenvalue weighted by Gasteiger charge is -2.31. The Kier molecular flexibility index (Phi) is 6.73. The van der Waals surface area contributed by atoms with Gasteiger partial charge in [-0.15, -0.1) is 0 Å². The first-order valence-electron chi connectivity index (χ1n) is 10.3. The minimum atomic E-state index is -0.705. The number of ether oxygens (including phenoxy) is 2. The van der Waals surface area contributed by atoms with Gasteiger partial charge in [-0.25, -0.2) is 0 Å². The number of nitrogens with one attached hydrogen (secondary N) is 1. The Morgan fingerprint density at radius 1 is 1.00 bits per heavy atom. The van der Waals surface area contributed by atoms with Crippen molar-refractivity contribution in [2.24, 2.45) is 0 Å². The number of carbonyl (C=O) groups is 1. The summed E-state index contributed by atoms with van der Waals surface area (Å²) in [5.74, 6) is 0.845. The number of carbonyl (C=O) groups excluding carboxylic acids is 1. The third kappa shape index (κ3) is 4.44. The van der Waals surface area contributed by atoms with Gasteiger partial charge in [0.05, 0.1) is 6.61 Å². The van der Waals surface area contributed by atoms with Gasteiger partial charge < -0.3 is 14.8 Å². The summed E-state index contributed by atoms with van der Waals surface area (Å²) in [5.41, 5.74) is 0.117. The SMILES string of the molecule is CCCOc1ccc(NC(=O)C2(OCC)CCCCCC2)c2ccccc12. The Morgan fingerprint density at radius 2 is 1.70 bits per heavy atom. The van der Waals surface area contributed by atoms with Crippen molar-refractivity contribution < 1.29 is 14.3 Å². The molecule has 0 aliphatic heterocycles. The molecule has 2 aromatic rings. The van der Waals surface area contributed by atoms with Crippen LogP contribution in [0.5, 0.6) is 5.75 Å². The fourth-order valence-corrected chi connectivity index (χ4v) is 3.97. The van der Waals surface area contributed by atoms with Crippen molar-refractivity contribution in [3.63, 3.8) is 0 Å². The highest BCUT2D eigenvalue weighted by Crippen LogP contribution is 2.35. The molecule has 1 fully saturated rings. The summed E-state index contributed by atoms with van der Waals surface area (Å²) < 4.78 is 11.9. The van der Waals surface area contributed by atoms with Crippen LogP contribution in [0.25, 0.3) is 10.8 Å². The van der Waals surface area contributed by atoms with Crippen molar-refractivity contribution in [3.8, 4) is 5.75 Å². The predicted octanol–water partition coefficient (Wildman–Crippen LogP) is 5.70. The van der Waals surface area contributed by atoms with Gasteiger partial charge >= 0.3 is 0 Å². The van der Waals surface area contributed by atoms with E-state index in [4.69, 9.17) is 9.47 Å². The summed E-state index contributed by atoms with van der Waals surface area (Å²) >= 11 is 0. The number of fused-ring (bicyclic) bond motifs is 1. The van der Waals surface area contributed by atoms with Crippen LogP contribution < -0.4 is 10.1 Å². The van der Waals surface area contributed by atoms with Crippen LogP contribution in [0.15, 0.2) is 36.4 Å². The van der Waals surface area contributed by atoms with E-state index in [1.165, 1.54) is 12.8 Å². The van der Waals surface area contributed by atoms with E-state index in [0.717, 1.165) is 54.3 Å². The molecule has 146 valence electrons. The summed E-state index contributed by atoms with van der Waals surface area (Å²) in [5, 5.41) is 5.19. The maximum absolute atomic E-state index is 13.3. The molecule has 0 bridgehead atoms. The van der Waals surface area contributed by atoms with E-state index in [2.05, 4.69) is 12.2 Å². The Morgan fingerprint density at radius 3 is 2.37 bits per heavy atom. The molecule has 1 N–H and O–H groups in total. The molecule has 2 aromatic carbocycles. The zero-order valence-electron chi connectivity index (χ0n) is 16.6. The van der Waals surface area contributed by atoms with E-state index in [-0.39, 0.29) is 5.91 Å². The average molecular weight is 370 g/mol. The van der Waals surface area contributed by atoms with Crippen LogP contribution >= 0.6 is 0 Å². The van der Waals surface area contributed by atoms with E-state index < -0.39 is 5.60 Å². The van der Waals surface area contributed by atoms with Crippen molar-refractivity contribution in [1.29, 1.82) is 0 Å². The van der Waals surface area contributed by atoms with Gasteiger partial charge in [0.25, 0.3) is 5.91 Å². The van der Waals surface area contributed by atoms with Gasteiger partial charge in [-0.1, -0.05) is 56.9 Å². The molecule has 1 aliphatic carbocycles. The fraction of sp³-hybridized carbons (Fsp3) is 0.522. The molecule has 1 aliphatic rings. The number of amides is 1. The molecule has 0 radical (unpaired) electrons. The van der Waals surface area contributed by atoms with Gasteiger partial charge in [0.2, 0.25) is 0 Å². The molecule has 4 nitrogen and oxygen atoms in total. The van der Waals surface area contributed by atoms with Crippen LogP contribution in [-0.4, -0.2) is 24.7 Å². The first kappa shape index (κ1) is 19.7. The number of hydrogen-bond donors (Lipinski definition) is 1. The largest absolute Gasteiger partial charge is 0.493 e.